The first-order valence-corrected chi connectivity index (χ1v) is 10.5. The van der Waals surface area contributed by atoms with E-state index >= 15 is 0 Å². The molecule has 0 radical (unpaired) electrons. The summed E-state index contributed by atoms with van der Waals surface area (Å²) in [6.45, 7) is 7.30. The number of thiazole rings is 1. The first-order valence-electron chi connectivity index (χ1n) is 9.71. The molecule has 28 heavy (non-hydrogen) atoms. The van der Waals surface area contributed by atoms with Crippen LogP contribution >= 0.6 is 11.3 Å². The van der Waals surface area contributed by atoms with Crippen molar-refractivity contribution in [2.45, 2.75) is 39.2 Å². The van der Waals surface area contributed by atoms with Crippen LogP contribution in [0.1, 0.15) is 45.7 Å². The Balaban J connectivity index is 1.50. The smallest absolute Gasteiger partial charge is 0.263 e. The average Bonchev–Trinajstić information content (AvgIpc) is 3.28. The highest BCUT2D eigenvalue weighted by atomic mass is 32.1. The van der Waals surface area contributed by atoms with Crippen LogP contribution in [0.3, 0.4) is 0 Å². The van der Waals surface area contributed by atoms with Gasteiger partial charge in [-0.05, 0) is 31.0 Å². The number of hydrogen-bond acceptors (Lipinski definition) is 5. The van der Waals surface area contributed by atoms with Crippen molar-refractivity contribution in [3.05, 3.63) is 57.7 Å². The first kappa shape index (κ1) is 19.0. The molecule has 4 rings (SSSR count). The number of carbonyl (C=O) groups excluding carboxylic acids is 1. The number of ether oxygens (including phenoxy) is 1. The molecular weight excluding hydrogens is 370 g/mol. The van der Waals surface area contributed by atoms with Crippen LogP contribution in [-0.2, 0) is 11.2 Å². The zero-order valence-corrected chi connectivity index (χ0v) is 17.3. The standard InChI is InChI=1S/C22H25N3O2S/c1-13(2)22-24-14(3)20(28-22)21(26)25-19-12-27-11-16(19)10-15-8-9-23-18-7-5-4-6-17(15)18/h4-9,13,16,19H,10-12H2,1-3H3,(H,25,26)/t16-,19-/m1/s1. The van der Waals surface area contributed by atoms with Crippen LogP contribution in [0.15, 0.2) is 36.5 Å². The number of para-hydroxylation sites is 1. The minimum absolute atomic E-state index is 0.00317. The van der Waals surface area contributed by atoms with Gasteiger partial charge in [0.05, 0.1) is 35.5 Å². The molecule has 2 aromatic heterocycles. The molecule has 1 amide bonds. The van der Waals surface area contributed by atoms with E-state index in [2.05, 4.69) is 41.3 Å². The predicted molar refractivity (Wildman–Crippen MR) is 112 cm³/mol. The summed E-state index contributed by atoms with van der Waals surface area (Å²) >= 11 is 1.49. The molecule has 0 aliphatic carbocycles. The van der Waals surface area contributed by atoms with Gasteiger partial charge < -0.3 is 10.1 Å². The maximum absolute atomic E-state index is 12.9. The molecule has 0 spiro atoms. The maximum atomic E-state index is 12.9. The molecule has 5 nitrogen and oxygen atoms in total. The molecule has 0 saturated carbocycles. The number of nitrogens with one attached hydrogen (secondary N) is 1. The van der Waals surface area contributed by atoms with E-state index in [4.69, 9.17) is 4.74 Å². The minimum Gasteiger partial charge on any atom is -0.379 e. The number of benzene rings is 1. The van der Waals surface area contributed by atoms with Gasteiger partial charge in [0.1, 0.15) is 4.88 Å². The van der Waals surface area contributed by atoms with Gasteiger partial charge in [-0.25, -0.2) is 4.98 Å². The van der Waals surface area contributed by atoms with Crippen molar-refractivity contribution in [2.75, 3.05) is 13.2 Å². The van der Waals surface area contributed by atoms with Crippen molar-refractivity contribution in [3.8, 4) is 0 Å². The monoisotopic (exact) mass is 395 g/mol. The predicted octanol–water partition coefficient (Wildman–Crippen LogP) is 4.11. The number of carbonyl (C=O) groups is 1. The molecule has 1 N–H and O–H groups in total. The summed E-state index contributed by atoms with van der Waals surface area (Å²) in [5.41, 5.74) is 3.05. The number of amides is 1. The molecule has 0 bridgehead atoms. The van der Waals surface area contributed by atoms with Gasteiger partial charge in [-0.15, -0.1) is 11.3 Å². The van der Waals surface area contributed by atoms with Gasteiger partial charge in [-0.3, -0.25) is 9.78 Å². The van der Waals surface area contributed by atoms with Crippen LogP contribution in [0.4, 0.5) is 0 Å². The number of fused-ring (bicyclic) bond motifs is 1. The maximum Gasteiger partial charge on any atom is 0.263 e. The summed E-state index contributed by atoms with van der Waals surface area (Å²) in [5, 5.41) is 5.37. The second-order valence-electron chi connectivity index (χ2n) is 7.69. The quantitative estimate of drug-likeness (QED) is 0.706. The summed E-state index contributed by atoms with van der Waals surface area (Å²) in [6, 6.07) is 10.3. The molecule has 0 unspecified atom stereocenters. The van der Waals surface area contributed by atoms with E-state index in [-0.39, 0.29) is 17.9 Å². The van der Waals surface area contributed by atoms with E-state index in [1.165, 1.54) is 22.3 Å². The van der Waals surface area contributed by atoms with Gasteiger partial charge in [-0.2, -0.15) is 0 Å². The summed E-state index contributed by atoms with van der Waals surface area (Å²) in [4.78, 5) is 22.6. The Morgan fingerprint density at radius 1 is 1.29 bits per heavy atom. The van der Waals surface area contributed by atoms with Crippen molar-refractivity contribution >= 4 is 28.1 Å². The number of hydrogen-bond donors (Lipinski definition) is 1. The molecule has 1 aliphatic heterocycles. The fourth-order valence-corrected chi connectivity index (χ4v) is 4.66. The summed E-state index contributed by atoms with van der Waals surface area (Å²) < 4.78 is 5.72. The average molecular weight is 396 g/mol. The molecule has 3 heterocycles. The highest BCUT2D eigenvalue weighted by Crippen LogP contribution is 2.27. The van der Waals surface area contributed by atoms with Gasteiger partial charge in [0.25, 0.3) is 5.91 Å². The van der Waals surface area contributed by atoms with Gasteiger partial charge >= 0.3 is 0 Å². The fraction of sp³-hybridized carbons (Fsp3) is 0.409. The molecule has 3 aromatic rings. The Hall–Kier alpha value is -2.31. The molecule has 1 aromatic carbocycles. The number of pyridine rings is 1. The van der Waals surface area contributed by atoms with Crippen LogP contribution in [0.2, 0.25) is 0 Å². The van der Waals surface area contributed by atoms with Crippen LogP contribution in [0.25, 0.3) is 10.9 Å². The molecule has 1 fully saturated rings. The van der Waals surface area contributed by atoms with Crippen LogP contribution < -0.4 is 5.32 Å². The topological polar surface area (TPSA) is 64.1 Å². The Bertz CT molecular complexity index is 993. The summed E-state index contributed by atoms with van der Waals surface area (Å²) in [6.07, 6.45) is 2.71. The lowest BCUT2D eigenvalue weighted by Gasteiger charge is -2.19. The van der Waals surface area contributed by atoms with E-state index in [0.717, 1.165) is 22.6 Å². The Labute approximate surface area is 169 Å². The summed E-state index contributed by atoms with van der Waals surface area (Å²) in [5.74, 6) is 0.530. The first-order chi connectivity index (χ1) is 13.5. The van der Waals surface area contributed by atoms with Crippen LogP contribution in [0.5, 0.6) is 0 Å². The van der Waals surface area contributed by atoms with Crippen molar-refractivity contribution < 1.29 is 9.53 Å². The van der Waals surface area contributed by atoms with E-state index in [1.54, 1.807) is 0 Å². The van der Waals surface area contributed by atoms with Gasteiger partial charge in [-0.1, -0.05) is 32.0 Å². The third kappa shape index (κ3) is 3.80. The number of aromatic nitrogens is 2. The van der Waals surface area contributed by atoms with Crippen molar-refractivity contribution in [3.63, 3.8) is 0 Å². The van der Waals surface area contributed by atoms with Crippen LogP contribution in [-0.4, -0.2) is 35.1 Å². The fourth-order valence-electron chi connectivity index (χ4n) is 3.68. The molecule has 1 saturated heterocycles. The Morgan fingerprint density at radius 2 is 2.11 bits per heavy atom. The number of rotatable bonds is 5. The molecule has 2 atom stereocenters. The number of nitrogens with zero attached hydrogens (tertiary/aromatic N) is 2. The molecule has 1 aliphatic rings. The van der Waals surface area contributed by atoms with Crippen molar-refractivity contribution in [2.24, 2.45) is 5.92 Å². The lowest BCUT2D eigenvalue weighted by Crippen LogP contribution is -2.40. The highest BCUT2D eigenvalue weighted by Gasteiger charge is 2.31. The highest BCUT2D eigenvalue weighted by molar-refractivity contribution is 7.13. The van der Waals surface area contributed by atoms with Crippen molar-refractivity contribution in [1.82, 2.24) is 15.3 Å². The lowest BCUT2D eigenvalue weighted by molar-refractivity contribution is 0.0928. The largest absolute Gasteiger partial charge is 0.379 e. The van der Waals surface area contributed by atoms with E-state index in [1.807, 2.05) is 31.3 Å². The lowest BCUT2D eigenvalue weighted by atomic mass is 9.93. The molecular formula is C22H25N3O2S. The minimum atomic E-state index is -0.0398. The Kier molecular flexibility index (Phi) is 5.42. The number of aryl methyl sites for hydroxylation is 1. The van der Waals surface area contributed by atoms with Crippen LogP contribution in [0, 0.1) is 12.8 Å². The second-order valence-corrected chi connectivity index (χ2v) is 8.72. The zero-order chi connectivity index (χ0) is 19.7. The van der Waals surface area contributed by atoms with Gasteiger partial charge in [0.2, 0.25) is 0 Å². The zero-order valence-electron chi connectivity index (χ0n) is 16.4. The van der Waals surface area contributed by atoms with E-state index in [9.17, 15) is 4.79 Å². The van der Waals surface area contributed by atoms with Crippen molar-refractivity contribution in [1.29, 1.82) is 0 Å². The van der Waals surface area contributed by atoms with E-state index < -0.39 is 0 Å². The summed E-state index contributed by atoms with van der Waals surface area (Å²) in [7, 11) is 0. The second kappa shape index (κ2) is 7.97. The normalized spacial score (nSPS) is 19.4. The molecule has 146 valence electrons. The SMILES string of the molecule is Cc1nc(C(C)C)sc1C(=O)N[C@@H]1COC[C@H]1Cc1ccnc2ccccc12. The molecule has 6 heteroatoms. The van der Waals surface area contributed by atoms with Gasteiger partial charge in [0, 0.05) is 23.4 Å². The third-order valence-electron chi connectivity index (χ3n) is 5.25. The van der Waals surface area contributed by atoms with Gasteiger partial charge in [0.15, 0.2) is 0 Å². The Morgan fingerprint density at radius 3 is 2.89 bits per heavy atom. The third-order valence-corrected chi connectivity index (χ3v) is 6.71. The van der Waals surface area contributed by atoms with E-state index in [0.29, 0.717) is 24.0 Å².